The Morgan fingerprint density at radius 1 is 1.53 bits per heavy atom. The molecular weight excluding hydrogens is 264 g/mol. The first kappa shape index (κ1) is 14.6. The number of nitrogens with zero attached hydrogens (tertiary/aromatic N) is 1. The second kappa shape index (κ2) is 5.67. The van der Waals surface area contributed by atoms with Crippen molar-refractivity contribution >= 4 is 17.3 Å². The van der Waals surface area contributed by atoms with Crippen molar-refractivity contribution in [3.8, 4) is 0 Å². The summed E-state index contributed by atoms with van der Waals surface area (Å²) in [6.07, 6.45) is -0.149. The average Bonchev–Trinajstić information content (AvgIpc) is 2.32. The van der Waals surface area contributed by atoms with Crippen LogP contribution in [-0.2, 0) is 11.3 Å². The van der Waals surface area contributed by atoms with Gasteiger partial charge in [0, 0.05) is 30.3 Å². The first-order chi connectivity index (χ1) is 8.89. The van der Waals surface area contributed by atoms with Gasteiger partial charge in [0.25, 0.3) is 0 Å². The Morgan fingerprint density at radius 2 is 2.26 bits per heavy atom. The van der Waals surface area contributed by atoms with E-state index in [1.54, 1.807) is 6.07 Å². The molecule has 0 bridgehead atoms. The van der Waals surface area contributed by atoms with Crippen LogP contribution in [0.25, 0.3) is 0 Å². The van der Waals surface area contributed by atoms with Gasteiger partial charge in [-0.25, -0.2) is 0 Å². The molecule has 1 saturated heterocycles. The molecule has 0 aromatic heterocycles. The van der Waals surface area contributed by atoms with E-state index in [0.717, 1.165) is 24.3 Å². The highest BCUT2D eigenvalue weighted by Crippen LogP contribution is 2.25. The number of aliphatic hydroxyl groups excluding tert-OH is 1. The lowest BCUT2D eigenvalue weighted by molar-refractivity contribution is -0.150. The Bertz CT molecular complexity index is 451. The van der Waals surface area contributed by atoms with Crippen molar-refractivity contribution in [2.45, 2.75) is 32.1 Å². The predicted molar refractivity (Wildman–Crippen MR) is 77.2 cm³/mol. The van der Waals surface area contributed by atoms with E-state index in [9.17, 15) is 5.11 Å². The largest absolute Gasteiger partial charge is 0.398 e. The number of ether oxygens (including phenoxy) is 1. The molecule has 1 aliphatic rings. The number of aliphatic hydroxyl groups is 1. The van der Waals surface area contributed by atoms with Crippen LogP contribution in [0.3, 0.4) is 0 Å². The van der Waals surface area contributed by atoms with Gasteiger partial charge in [-0.15, -0.1) is 0 Å². The smallest absolute Gasteiger partial charge is 0.0940 e. The molecule has 1 aromatic carbocycles. The second-order valence-corrected chi connectivity index (χ2v) is 6.13. The number of benzene rings is 1. The lowest BCUT2D eigenvalue weighted by atomic mass is 10.0. The van der Waals surface area contributed by atoms with Crippen LogP contribution in [0.5, 0.6) is 0 Å². The zero-order valence-corrected chi connectivity index (χ0v) is 12.2. The highest BCUT2D eigenvalue weighted by atomic mass is 35.5. The maximum absolute atomic E-state index is 9.31. The van der Waals surface area contributed by atoms with Crippen molar-refractivity contribution in [1.29, 1.82) is 0 Å². The molecule has 4 nitrogen and oxygen atoms in total. The summed E-state index contributed by atoms with van der Waals surface area (Å²) in [5.74, 6) is 0. The summed E-state index contributed by atoms with van der Waals surface area (Å²) in [5.41, 5.74) is 7.47. The van der Waals surface area contributed by atoms with Gasteiger partial charge in [0.2, 0.25) is 0 Å². The molecule has 0 spiro atoms. The number of halogens is 1. The van der Waals surface area contributed by atoms with Crippen molar-refractivity contribution in [3.63, 3.8) is 0 Å². The second-order valence-electron chi connectivity index (χ2n) is 5.69. The van der Waals surface area contributed by atoms with E-state index in [1.807, 2.05) is 26.0 Å². The van der Waals surface area contributed by atoms with E-state index in [-0.39, 0.29) is 18.3 Å². The maximum atomic E-state index is 9.31. The lowest BCUT2D eigenvalue weighted by Gasteiger charge is -2.42. The van der Waals surface area contributed by atoms with Crippen LogP contribution < -0.4 is 5.73 Å². The maximum Gasteiger partial charge on any atom is 0.0940 e. The van der Waals surface area contributed by atoms with E-state index in [4.69, 9.17) is 22.1 Å². The Balaban J connectivity index is 2.11. The number of nitrogen functional groups attached to an aromatic ring is 1. The van der Waals surface area contributed by atoms with Gasteiger partial charge in [0.15, 0.2) is 0 Å². The summed E-state index contributed by atoms with van der Waals surface area (Å²) in [5, 5.41) is 10.00. The molecule has 1 fully saturated rings. The molecule has 0 amide bonds. The Kier molecular flexibility index (Phi) is 4.36. The van der Waals surface area contributed by atoms with Crippen molar-refractivity contribution in [2.24, 2.45) is 0 Å². The minimum absolute atomic E-state index is 0.0327. The molecular formula is C14H21ClN2O2. The zero-order chi connectivity index (χ0) is 14.0. The molecule has 5 heteroatoms. The summed E-state index contributed by atoms with van der Waals surface area (Å²) in [6.45, 7) is 6.31. The quantitative estimate of drug-likeness (QED) is 0.833. The predicted octanol–water partition coefficient (Wildman–Crippen LogP) is 1.89. The summed E-state index contributed by atoms with van der Waals surface area (Å²) in [4.78, 5) is 2.24. The SMILES string of the molecule is CC1(C)CN(Cc2cc(Cl)ccc2N)CC(CO)O1. The third-order valence-electron chi connectivity index (χ3n) is 3.25. The van der Waals surface area contributed by atoms with Crippen LogP contribution in [-0.4, -0.2) is 41.4 Å². The van der Waals surface area contributed by atoms with Crippen molar-refractivity contribution in [2.75, 3.05) is 25.4 Å². The van der Waals surface area contributed by atoms with Crippen molar-refractivity contribution in [1.82, 2.24) is 4.90 Å². The summed E-state index contributed by atoms with van der Waals surface area (Å²) in [6, 6.07) is 5.51. The Hall–Kier alpha value is -0.810. The Labute approximate surface area is 119 Å². The normalized spacial score (nSPS) is 23.5. The topological polar surface area (TPSA) is 58.7 Å². The molecule has 1 heterocycles. The van der Waals surface area contributed by atoms with Crippen LogP contribution >= 0.6 is 11.6 Å². The summed E-state index contributed by atoms with van der Waals surface area (Å²) >= 11 is 6.01. The van der Waals surface area contributed by atoms with Crippen LogP contribution in [0.2, 0.25) is 5.02 Å². The van der Waals surface area contributed by atoms with Gasteiger partial charge in [-0.05, 0) is 37.6 Å². The van der Waals surface area contributed by atoms with Gasteiger partial charge in [0.1, 0.15) is 0 Å². The molecule has 1 unspecified atom stereocenters. The minimum Gasteiger partial charge on any atom is -0.398 e. The molecule has 0 aliphatic carbocycles. The van der Waals surface area contributed by atoms with Crippen LogP contribution in [0.15, 0.2) is 18.2 Å². The van der Waals surface area contributed by atoms with Crippen molar-refractivity contribution < 1.29 is 9.84 Å². The molecule has 1 atom stereocenters. The van der Waals surface area contributed by atoms with E-state index < -0.39 is 0 Å². The van der Waals surface area contributed by atoms with Gasteiger partial charge in [-0.3, -0.25) is 4.90 Å². The fraction of sp³-hybridized carbons (Fsp3) is 0.571. The van der Waals surface area contributed by atoms with Gasteiger partial charge in [0.05, 0.1) is 18.3 Å². The van der Waals surface area contributed by atoms with E-state index in [0.29, 0.717) is 11.6 Å². The van der Waals surface area contributed by atoms with Gasteiger partial charge < -0.3 is 15.6 Å². The van der Waals surface area contributed by atoms with E-state index in [1.165, 1.54) is 0 Å². The fourth-order valence-electron chi connectivity index (χ4n) is 2.58. The molecule has 1 aliphatic heterocycles. The third-order valence-corrected chi connectivity index (χ3v) is 3.49. The fourth-order valence-corrected chi connectivity index (χ4v) is 2.78. The standard InChI is InChI=1S/C14H21ClN2O2/c1-14(2)9-17(7-12(8-18)19-14)6-10-5-11(15)3-4-13(10)16/h3-5,12,18H,6-9,16H2,1-2H3. The van der Waals surface area contributed by atoms with Crippen LogP contribution in [0.1, 0.15) is 19.4 Å². The average molecular weight is 285 g/mol. The molecule has 2 rings (SSSR count). The van der Waals surface area contributed by atoms with Gasteiger partial charge in [-0.2, -0.15) is 0 Å². The van der Waals surface area contributed by atoms with Gasteiger partial charge in [-0.1, -0.05) is 11.6 Å². The summed E-state index contributed by atoms with van der Waals surface area (Å²) in [7, 11) is 0. The zero-order valence-electron chi connectivity index (χ0n) is 11.4. The number of anilines is 1. The number of hydrogen-bond donors (Lipinski definition) is 2. The summed E-state index contributed by atoms with van der Waals surface area (Å²) < 4.78 is 5.80. The highest BCUT2D eigenvalue weighted by Gasteiger charge is 2.33. The minimum atomic E-state index is -0.265. The first-order valence-electron chi connectivity index (χ1n) is 6.44. The van der Waals surface area contributed by atoms with Gasteiger partial charge >= 0.3 is 0 Å². The van der Waals surface area contributed by atoms with E-state index in [2.05, 4.69) is 4.90 Å². The number of hydrogen-bond acceptors (Lipinski definition) is 4. The van der Waals surface area contributed by atoms with Crippen molar-refractivity contribution in [3.05, 3.63) is 28.8 Å². The van der Waals surface area contributed by atoms with Crippen LogP contribution in [0.4, 0.5) is 5.69 Å². The van der Waals surface area contributed by atoms with Crippen LogP contribution in [0, 0.1) is 0 Å². The number of nitrogens with two attached hydrogens (primary N) is 1. The monoisotopic (exact) mass is 284 g/mol. The Morgan fingerprint density at radius 3 is 2.95 bits per heavy atom. The molecule has 0 radical (unpaired) electrons. The molecule has 3 N–H and O–H groups in total. The number of morpholine rings is 1. The molecule has 0 saturated carbocycles. The molecule has 1 aromatic rings. The van der Waals surface area contributed by atoms with E-state index >= 15 is 0 Å². The lowest BCUT2D eigenvalue weighted by Crippen LogP contribution is -2.53. The highest BCUT2D eigenvalue weighted by molar-refractivity contribution is 6.30. The first-order valence-corrected chi connectivity index (χ1v) is 6.82. The molecule has 106 valence electrons. The third kappa shape index (κ3) is 3.83. The molecule has 19 heavy (non-hydrogen) atoms. The number of rotatable bonds is 3.